The molecule has 0 saturated carbocycles. The first-order chi connectivity index (χ1) is 9.78. The van der Waals surface area contributed by atoms with Gasteiger partial charge in [-0.25, -0.2) is 0 Å². The van der Waals surface area contributed by atoms with Gasteiger partial charge >= 0.3 is 0 Å². The highest BCUT2D eigenvalue weighted by atomic mass is 16.5. The minimum absolute atomic E-state index is 0.152. The van der Waals surface area contributed by atoms with Crippen LogP contribution in [0.25, 0.3) is 0 Å². The molecule has 0 saturated heterocycles. The first kappa shape index (κ1) is 18.0. The van der Waals surface area contributed by atoms with Gasteiger partial charge in [0.25, 0.3) is 0 Å². The van der Waals surface area contributed by atoms with Gasteiger partial charge in [0.2, 0.25) is 0 Å². The molecule has 0 bridgehead atoms. The summed E-state index contributed by atoms with van der Waals surface area (Å²) in [6.45, 7) is 14.4. The summed E-state index contributed by atoms with van der Waals surface area (Å²) in [6.07, 6.45) is 2.49. The average molecular weight is 291 g/mol. The third-order valence-electron chi connectivity index (χ3n) is 4.14. The van der Waals surface area contributed by atoms with Crippen LogP contribution in [-0.4, -0.2) is 19.2 Å². The van der Waals surface area contributed by atoms with E-state index in [9.17, 15) is 0 Å². The van der Waals surface area contributed by atoms with Crippen molar-refractivity contribution in [3.63, 3.8) is 0 Å². The van der Waals surface area contributed by atoms with E-state index in [1.165, 1.54) is 24.0 Å². The van der Waals surface area contributed by atoms with Crippen molar-refractivity contribution in [3.8, 4) is 5.75 Å². The number of nitrogens with one attached hydrogen (secondary N) is 1. The number of ether oxygens (including phenoxy) is 1. The highest BCUT2D eigenvalue weighted by Crippen LogP contribution is 2.31. The van der Waals surface area contributed by atoms with Crippen molar-refractivity contribution in [3.05, 3.63) is 29.3 Å². The molecular formula is C19H33NO. The lowest BCUT2D eigenvalue weighted by Gasteiger charge is -2.29. The third kappa shape index (κ3) is 5.70. The first-order valence-corrected chi connectivity index (χ1v) is 8.18. The van der Waals surface area contributed by atoms with Crippen LogP contribution in [0.1, 0.15) is 64.5 Å². The number of hydrogen-bond acceptors (Lipinski definition) is 2. The molecule has 120 valence electrons. The lowest BCUT2D eigenvalue weighted by molar-refractivity contribution is 0.347. The maximum atomic E-state index is 5.50. The van der Waals surface area contributed by atoms with Crippen molar-refractivity contribution in [2.45, 2.75) is 65.8 Å². The molecule has 0 aliphatic heterocycles. The molecule has 1 N–H and O–H groups in total. The summed E-state index contributed by atoms with van der Waals surface area (Å²) >= 11 is 0. The van der Waals surface area contributed by atoms with Crippen molar-refractivity contribution < 1.29 is 4.74 Å². The van der Waals surface area contributed by atoms with Crippen molar-refractivity contribution >= 4 is 0 Å². The summed E-state index contributed by atoms with van der Waals surface area (Å²) in [5.41, 5.74) is 2.74. The van der Waals surface area contributed by atoms with Gasteiger partial charge in [0.15, 0.2) is 0 Å². The molecule has 0 aliphatic rings. The van der Waals surface area contributed by atoms with Crippen LogP contribution in [0.2, 0.25) is 0 Å². The Hall–Kier alpha value is -1.02. The molecule has 0 aliphatic carbocycles. The van der Waals surface area contributed by atoms with Gasteiger partial charge in [-0.1, -0.05) is 38.8 Å². The predicted molar refractivity (Wildman–Crippen MR) is 92.3 cm³/mol. The number of methoxy groups -OCH3 is 1. The lowest BCUT2D eigenvalue weighted by Crippen LogP contribution is -2.39. The number of benzene rings is 1. The quantitative estimate of drug-likeness (QED) is 0.770. The van der Waals surface area contributed by atoms with E-state index in [0.717, 1.165) is 12.3 Å². The molecule has 1 rings (SSSR count). The molecule has 1 aromatic rings. The van der Waals surface area contributed by atoms with Crippen LogP contribution in [-0.2, 0) is 0 Å². The first-order valence-electron chi connectivity index (χ1n) is 8.18. The summed E-state index contributed by atoms with van der Waals surface area (Å²) in [4.78, 5) is 0. The zero-order valence-electron chi connectivity index (χ0n) is 14.9. The molecule has 2 atom stereocenters. The van der Waals surface area contributed by atoms with Crippen molar-refractivity contribution in [1.82, 2.24) is 5.32 Å². The molecule has 2 heteroatoms. The van der Waals surface area contributed by atoms with Crippen LogP contribution in [0, 0.1) is 12.8 Å². The SMILES string of the molecule is CCCC(C)C(CNC(C)(C)C)c1ccc(C)c(OC)c1. The molecule has 0 fully saturated rings. The minimum atomic E-state index is 0.152. The second-order valence-corrected chi connectivity index (χ2v) is 7.23. The molecule has 2 unspecified atom stereocenters. The fraction of sp³-hybridized carbons (Fsp3) is 0.684. The van der Waals surface area contributed by atoms with E-state index in [0.29, 0.717) is 11.8 Å². The van der Waals surface area contributed by atoms with Crippen LogP contribution in [0.4, 0.5) is 0 Å². The summed E-state index contributed by atoms with van der Waals surface area (Å²) in [7, 11) is 1.75. The molecule has 21 heavy (non-hydrogen) atoms. The molecule has 2 nitrogen and oxygen atoms in total. The van der Waals surface area contributed by atoms with Crippen LogP contribution >= 0.6 is 0 Å². The predicted octanol–water partition coefficient (Wildman–Crippen LogP) is 4.91. The average Bonchev–Trinajstić information content (AvgIpc) is 2.39. The van der Waals surface area contributed by atoms with E-state index < -0.39 is 0 Å². The summed E-state index contributed by atoms with van der Waals surface area (Å²) in [5.74, 6) is 2.19. The Bertz CT molecular complexity index is 434. The molecule has 1 aromatic carbocycles. The summed E-state index contributed by atoms with van der Waals surface area (Å²) in [5, 5.41) is 3.67. The van der Waals surface area contributed by atoms with Gasteiger partial charge in [0.1, 0.15) is 5.75 Å². The molecule has 0 amide bonds. The van der Waals surface area contributed by atoms with E-state index >= 15 is 0 Å². The van der Waals surface area contributed by atoms with Crippen molar-refractivity contribution in [2.24, 2.45) is 5.92 Å². The summed E-state index contributed by atoms with van der Waals surface area (Å²) in [6, 6.07) is 6.66. The fourth-order valence-electron chi connectivity index (χ4n) is 2.79. The topological polar surface area (TPSA) is 21.3 Å². The minimum Gasteiger partial charge on any atom is -0.496 e. The highest BCUT2D eigenvalue weighted by Gasteiger charge is 2.22. The standard InChI is InChI=1S/C19H33NO/c1-8-9-14(2)17(13-20-19(4,5)6)16-11-10-15(3)18(12-16)21-7/h10-12,14,17,20H,8-9,13H2,1-7H3. The number of hydrogen-bond donors (Lipinski definition) is 1. The Balaban J connectivity index is 2.99. The third-order valence-corrected chi connectivity index (χ3v) is 4.14. The smallest absolute Gasteiger partial charge is 0.122 e. The van der Waals surface area contributed by atoms with Gasteiger partial charge in [0, 0.05) is 12.1 Å². The van der Waals surface area contributed by atoms with Gasteiger partial charge in [0.05, 0.1) is 7.11 Å². The van der Waals surface area contributed by atoms with E-state index in [-0.39, 0.29) is 5.54 Å². The molecule has 0 radical (unpaired) electrons. The highest BCUT2D eigenvalue weighted by molar-refractivity contribution is 5.38. The van der Waals surface area contributed by atoms with Crippen LogP contribution in [0.5, 0.6) is 5.75 Å². The second-order valence-electron chi connectivity index (χ2n) is 7.23. The van der Waals surface area contributed by atoms with Crippen molar-refractivity contribution in [2.75, 3.05) is 13.7 Å². The lowest BCUT2D eigenvalue weighted by atomic mass is 9.83. The number of rotatable bonds is 7. The Kier molecular flexibility index (Phi) is 6.73. The Labute approximate surface area is 131 Å². The maximum Gasteiger partial charge on any atom is 0.122 e. The Morgan fingerprint density at radius 1 is 1.24 bits per heavy atom. The second kappa shape index (κ2) is 7.84. The normalized spacial score (nSPS) is 14.8. The van der Waals surface area contributed by atoms with Crippen molar-refractivity contribution in [1.29, 1.82) is 0 Å². The molecule has 0 heterocycles. The van der Waals surface area contributed by atoms with Gasteiger partial charge in [-0.2, -0.15) is 0 Å². The van der Waals surface area contributed by atoms with Gasteiger partial charge in [-0.3, -0.25) is 0 Å². The van der Waals surface area contributed by atoms with Crippen LogP contribution in [0.3, 0.4) is 0 Å². The Morgan fingerprint density at radius 2 is 1.90 bits per heavy atom. The summed E-state index contributed by atoms with van der Waals surface area (Å²) < 4.78 is 5.50. The Morgan fingerprint density at radius 3 is 2.43 bits per heavy atom. The van der Waals surface area contributed by atoms with Gasteiger partial charge in [-0.15, -0.1) is 0 Å². The maximum absolute atomic E-state index is 5.50. The van der Waals surface area contributed by atoms with E-state index in [1.807, 2.05) is 0 Å². The fourth-order valence-corrected chi connectivity index (χ4v) is 2.79. The molecule has 0 spiro atoms. The van der Waals surface area contributed by atoms with E-state index in [1.54, 1.807) is 7.11 Å². The molecular weight excluding hydrogens is 258 g/mol. The largest absolute Gasteiger partial charge is 0.496 e. The van der Waals surface area contributed by atoms with Gasteiger partial charge < -0.3 is 10.1 Å². The number of aryl methyl sites for hydroxylation is 1. The van der Waals surface area contributed by atoms with E-state index in [2.05, 4.69) is 65.1 Å². The zero-order valence-corrected chi connectivity index (χ0v) is 14.9. The molecule has 0 aromatic heterocycles. The van der Waals surface area contributed by atoms with Gasteiger partial charge in [-0.05, 0) is 56.7 Å². The monoisotopic (exact) mass is 291 g/mol. The van der Waals surface area contributed by atoms with Crippen LogP contribution < -0.4 is 10.1 Å². The zero-order chi connectivity index (χ0) is 16.0. The van der Waals surface area contributed by atoms with Crippen LogP contribution in [0.15, 0.2) is 18.2 Å². The van der Waals surface area contributed by atoms with E-state index in [4.69, 9.17) is 4.74 Å².